The van der Waals surface area contributed by atoms with Crippen molar-refractivity contribution in [3.05, 3.63) is 0 Å². The van der Waals surface area contributed by atoms with Crippen LogP contribution in [0.3, 0.4) is 0 Å². The Morgan fingerprint density at radius 1 is 1.56 bits per heavy atom. The molecule has 0 aromatic rings. The van der Waals surface area contributed by atoms with Crippen molar-refractivity contribution in [1.82, 2.24) is 4.67 Å². The Morgan fingerprint density at radius 3 is 2.78 bits per heavy atom. The SMILES string of the molecule is CC[C@H]1CCCCN1P. The molecule has 9 heavy (non-hydrogen) atoms. The molecule has 1 unspecified atom stereocenters. The molecule has 0 N–H and O–H groups in total. The second kappa shape index (κ2) is 3.53. The van der Waals surface area contributed by atoms with Crippen molar-refractivity contribution >= 4 is 9.39 Å². The van der Waals surface area contributed by atoms with Crippen LogP contribution in [0.5, 0.6) is 0 Å². The summed E-state index contributed by atoms with van der Waals surface area (Å²) in [4.78, 5) is 0. The van der Waals surface area contributed by atoms with Gasteiger partial charge in [0.15, 0.2) is 0 Å². The molecule has 1 aliphatic heterocycles. The van der Waals surface area contributed by atoms with Crippen LogP contribution in [-0.4, -0.2) is 17.3 Å². The van der Waals surface area contributed by atoms with Gasteiger partial charge in [-0.1, -0.05) is 22.7 Å². The van der Waals surface area contributed by atoms with Crippen LogP contribution in [0.1, 0.15) is 32.6 Å². The lowest BCUT2D eigenvalue weighted by Gasteiger charge is -2.31. The monoisotopic (exact) mass is 145 g/mol. The zero-order valence-corrected chi connectivity index (χ0v) is 7.29. The molecule has 2 atom stereocenters. The summed E-state index contributed by atoms with van der Waals surface area (Å²) < 4.78 is 2.41. The van der Waals surface area contributed by atoms with E-state index in [2.05, 4.69) is 21.0 Å². The van der Waals surface area contributed by atoms with Gasteiger partial charge in [-0.05, 0) is 19.3 Å². The van der Waals surface area contributed by atoms with Crippen LogP contribution in [0.2, 0.25) is 0 Å². The van der Waals surface area contributed by atoms with E-state index in [0.717, 1.165) is 6.04 Å². The summed E-state index contributed by atoms with van der Waals surface area (Å²) >= 11 is 0. The zero-order valence-electron chi connectivity index (χ0n) is 6.14. The standard InChI is InChI=1S/C7H16NP/c1-2-7-5-3-4-6-8(7)9/h7H,2-6,9H2,1H3/t7-/m0/s1. The molecule has 1 fully saturated rings. The van der Waals surface area contributed by atoms with E-state index in [9.17, 15) is 0 Å². The summed E-state index contributed by atoms with van der Waals surface area (Å²) in [5.74, 6) is 0. The molecule has 1 aliphatic rings. The quantitative estimate of drug-likeness (QED) is 0.510. The van der Waals surface area contributed by atoms with Crippen LogP contribution in [0.15, 0.2) is 0 Å². The molecule has 0 bridgehead atoms. The Hall–Kier alpha value is 0.390. The smallest absolute Gasteiger partial charge is 0.0127 e. The fourth-order valence-corrected chi connectivity index (χ4v) is 2.00. The summed E-state index contributed by atoms with van der Waals surface area (Å²) in [6.07, 6.45) is 5.53. The summed E-state index contributed by atoms with van der Waals surface area (Å²) in [6.45, 7) is 3.55. The van der Waals surface area contributed by atoms with E-state index in [1.165, 1.54) is 32.2 Å². The van der Waals surface area contributed by atoms with Crippen LogP contribution < -0.4 is 0 Å². The van der Waals surface area contributed by atoms with Gasteiger partial charge in [0.1, 0.15) is 0 Å². The highest BCUT2D eigenvalue weighted by Gasteiger charge is 2.15. The maximum absolute atomic E-state index is 2.82. The highest BCUT2D eigenvalue weighted by atomic mass is 31.0. The highest BCUT2D eigenvalue weighted by Crippen LogP contribution is 2.21. The number of nitrogens with zero attached hydrogens (tertiary/aromatic N) is 1. The average Bonchev–Trinajstić information content (AvgIpc) is 1.89. The zero-order chi connectivity index (χ0) is 6.69. The van der Waals surface area contributed by atoms with Crippen LogP contribution in [0, 0.1) is 0 Å². The Kier molecular flexibility index (Phi) is 2.94. The van der Waals surface area contributed by atoms with Gasteiger partial charge < -0.3 is 0 Å². The van der Waals surface area contributed by atoms with E-state index < -0.39 is 0 Å². The van der Waals surface area contributed by atoms with Crippen molar-refractivity contribution in [1.29, 1.82) is 0 Å². The molecule has 0 aromatic heterocycles. The first-order chi connectivity index (χ1) is 4.34. The minimum atomic E-state index is 0.851. The van der Waals surface area contributed by atoms with Crippen molar-refractivity contribution in [2.24, 2.45) is 0 Å². The van der Waals surface area contributed by atoms with Crippen molar-refractivity contribution in [2.75, 3.05) is 6.54 Å². The number of hydrogen-bond donors (Lipinski definition) is 0. The molecule has 2 heteroatoms. The van der Waals surface area contributed by atoms with E-state index in [1.807, 2.05) is 0 Å². The van der Waals surface area contributed by atoms with Gasteiger partial charge in [0.25, 0.3) is 0 Å². The molecule has 0 spiro atoms. The van der Waals surface area contributed by atoms with E-state index in [0.29, 0.717) is 0 Å². The van der Waals surface area contributed by atoms with Crippen molar-refractivity contribution in [2.45, 2.75) is 38.6 Å². The van der Waals surface area contributed by atoms with Crippen LogP contribution >= 0.6 is 9.39 Å². The summed E-state index contributed by atoms with van der Waals surface area (Å²) in [5.41, 5.74) is 0. The highest BCUT2D eigenvalue weighted by molar-refractivity contribution is 7.13. The molecule has 0 saturated carbocycles. The minimum Gasteiger partial charge on any atom is -0.284 e. The maximum Gasteiger partial charge on any atom is 0.0127 e. The van der Waals surface area contributed by atoms with Gasteiger partial charge in [-0.25, -0.2) is 0 Å². The summed E-state index contributed by atoms with van der Waals surface area (Å²) in [7, 11) is 2.82. The lowest BCUT2D eigenvalue weighted by atomic mass is 10.0. The Morgan fingerprint density at radius 2 is 2.33 bits per heavy atom. The maximum atomic E-state index is 2.82. The molecule has 0 aromatic carbocycles. The Balaban J connectivity index is 2.30. The Labute approximate surface area is 60.1 Å². The fraction of sp³-hybridized carbons (Fsp3) is 1.00. The van der Waals surface area contributed by atoms with Crippen molar-refractivity contribution < 1.29 is 0 Å². The fourth-order valence-electron chi connectivity index (χ4n) is 1.46. The van der Waals surface area contributed by atoms with Crippen molar-refractivity contribution in [3.8, 4) is 0 Å². The van der Waals surface area contributed by atoms with E-state index in [1.54, 1.807) is 0 Å². The van der Waals surface area contributed by atoms with Crippen LogP contribution in [-0.2, 0) is 0 Å². The predicted octanol–water partition coefficient (Wildman–Crippen LogP) is 2.04. The summed E-state index contributed by atoms with van der Waals surface area (Å²) in [6, 6.07) is 0.851. The lowest BCUT2D eigenvalue weighted by Crippen LogP contribution is -2.30. The normalized spacial score (nSPS) is 30.7. The third kappa shape index (κ3) is 1.91. The first-order valence-electron chi connectivity index (χ1n) is 3.86. The Bertz CT molecular complexity index is 85.0. The molecule has 1 nitrogen and oxygen atoms in total. The lowest BCUT2D eigenvalue weighted by molar-refractivity contribution is 0.267. The average molecular weight is 145 g/mol. The molecule has 54 valence electrons. The van der Waals surface area contributed by atoms with Crippen LogP contribution in [0.4, 0.5) is 0 Å². The summed E-state index contributed by atoms with van der Waals surface area (Å²) in [5, 5.41) is 0. The van der Waals surface area contributed by atoms with Gasteiger partial charge in [0.2, 0.25) is 0 Å². The van der Waals surface area contributed by atoms with Gasteiger partial charge in [-0.3, -0.25) is 4.67 Å². The third-order valence-corrected chi connectivity index (χ3v) is 2.82. The van der Waals surface area contributed by atoms with E-state index in [4.69, 9.17) is 0 Å². The molecular weight excluding hydrogens is 129 g/mol. The minimum absolute atomic E-state index is 0.851. The van der Waals surface area contributed by atoms with Crippen LogP contribution in [0.25, 0.3) is 0 Å². The second-order valence-corrected chi connectivity index (χ2v) is 3.46. The van der Waals surface area contributed by atoms with E-state index in [-0.39, 0.29) is 0 Å². The number of rotatable bonds is 1. The number of hydrogen-bond acceptors (Lipinski definition) is 1. The van der Waals surface area contributed by atoms with Gasteiger partial charge in [-0.2, -0.15) is 0 Å². The van der Waals surface area contributed by atoms with E-state index >= 15 is 0 Å². The first kappa shape index (κ1) is 7.50. The number of piperidine rings is 1. The predicted molar refractivity (Wildman–Crippen MR) is 44.3 cm³/mol. The van der Waals surface area contributed by atoms with Gasteiger partial charge in [0, 0.05) is 12.6 Å². The van der Waals surface area contributed by atoms with Gasteiger partial charge >= 0.3 is 0 Å². The molecule has 1 rings (SSSR count). The van der Waals surface area contributed by atoms with Crippen molar-refractivity contribution in [3.63, 3.8) is 0 Å². The molecular formula is C7H16NP. The molecule has 0 amide bonds. The second-order valence-electron chi connectivity index (χ2n) is 2.80. The third-order valence-electron chi connectivity index (χ3n) is 2.14. The van der Waals surface area contributed by atoms with Gasteiger partial charge in [0.05, 0.1) is 0 Å². The molecule has 0 aliphatic carbocycles. The topological polar surface area (TPSA) is 3.24 Å². The first-order valence-corrected chi connectivity index (χ1v) is 4.37. The van der Waals surface area contributed by atoms with Gasteiger partial charge in [-0.15, -0.1) is 0 Å². The molecule has 1 saturated heterocycles. The molecule has 0 radical (unpaired) electrons. The largest absolute Gasteiger partial charge is 0.284 e. The molecule has 1 heterocycles.